The minimum absolute atomic E-state index is 0. The van der Waals surface area contributed by atoms with Gasteiger partial charge in [0.15, 0.2) is 11.8 Å². The maximum atomic E-state index is 10.6. The molecule has 23 heavy (non-hydrogen) atoms. The molecular weight excluding hydrogens is 409 g/mol. The number of aliphatic hydroxyl groups is 1. The summed E-state index contributed by atoms with van der Waals surface area (Å²) < 4.78 is 5.04. The van der Waals surface area contributed by atoms with E-state index < -0.39 is 5.60 Å². The lowest BCUT2D eigenvalue weighted by Crippen LogP contribution is -2.47. The molecule has 0 aromatic carbocycles. The molecule has 0 atom stereocenters. The summed E-state index contributed by atoms with van der Waals surface area (Å²) in [5, 5.41) is 20.7. The molecule has 1 aromatic rings. The van der Waals surface area contributed by atoms with E-state index in [0.717, 1.165) is 32.2 Å². The molecule has 0 spiro atoms. The highest BCUT2D eigenvalue weighted by Gasteiger charge is 2.24. The third kappa shape index (κ3) is 8.50. The first kappa shape index (κ1) is 22.1. The van der Waals surface area contributed by atoms with E-state index in [2.05, 4.69) is 39.6 Å². The molecule has 1 heterocycles. The number of guanidine groups is 1. The van der Waals surface area contributed by atoms with Crippen molar-refractivity contribution >= 4 is 29.9 Å². The summed E-state index contributed by atoms with van der Waals surface area (Å²) in [4.78, 5) is 8.53. The predicted octanol–water partition coefficient (Wildman–Crippen LogP) is 2.38. The van der Waals surface area contributed by atoms with Gasteiger partial charge in [0.2, 0.25) is 5.89 Å². The second-order valence-corrected chi connectivity index (χ2v) is 5.51. The topological polar surface area (TPSA) is 95.6 Å². The Bertz CT molecular complexity index is 458. The summed E-state index contributed by atoms with van der Waals surface area (Å²) in [5.41, 5.74) is -0.694. The van der Waals surface area contributed by atoms with E-state index >= 15 is 0 Å². The molecule has 0 aliphatic heterocycles. The molecule has 0 aliphatic rings. The lowest BCUT2D eigenvalue weighted by molar-refractivity contribution is 0.0257. The Morgan fingerprint density at radius 1 is 1.22 bits per heavy atom. The van der Waals surface area contributed by atoms with Crippen LogP contribution in [0.4, 0.5) is 0 Å². The Balaban J connectivity index is 0.00000484. The number of hydrogen-bond acceptors (Lipinski definition) is 5. The first-order valence-corrected chi connectivity index (χ1v) is 8.06. The zero-order chi connectivity index (χ0) is 16.4. The maximum absolute atomic E-state index is 10.6. The number of halogens is 1. The number of aromatic nitrogens is 2. The number of aliphatic imine (C=N–C) groups is 1. The third-order valence-corrected chi connectivity index (χ3v) is 3.30. The number of nitrogens with zero attached hydrogens (tertiary/aromatic N) is 3. The van der Waals surface area contributed by atoms with Crippen LogP contribution in [0, 0.1) is 6.92 Å². The molecule has 1 aromatic heterocycles. The Labute approximate surface area is 155 Å². The highest BCUT2D eigenvalue weighted by Crippen LogP contribution is 2.18. The van der Waals surface area contributed by atoms with Gasteiger partial charge in [0.25, 0.3) is 0 Å². The summed E-state index contributed by atoms with van der Waals surface area (Å²) in [6.07, 6.45) is 3.45. The van der Waals surface area contributed by atoms with Crippen molar-refractivity contribution in [3.63, 3.8) is 0 Å². The first-order chi connectivity index (χ1) is 10.5. The van der Waals surface area contributed by atoms with Crippen LogP contribution in [0.3, 0.4) is 0 Å². The zero-order valence-corrected chi connectivity index (χ0v) is 16.9. The van der Waals surface area contributed by atoms with Crippen LogP contribution in [0.1, 0.15) is 58.2 Å². The van der Waals surface area contributed by atoms with Crippen LogP contribution in [-0.2, 0) is 6.54 Å². The van der Waals surface area contributed by atoms with Gasteiger partial charge in [-0.25, -0.2) is 4.99 Å². The second-order valence-electron chi connectivity index (χ2n) is 5.51. The lowest BCUT2D eigenvalue weighted by Gasteiger charge is -2.28. The molecule has 0 radical (unpaired) electrons. The number of rotatable bonds is 9. The molecule has 134 valence electrons. The van der Waals surface area contributed by atoms with Gasteiger partial charge in [-0.2, -0.15) is 4.98 Å². The molecule has 0 unspecified atom stereocenters. The SMILES string of the molecule is CCCC(O)(CCC)CNC(=NCc1nc(C)no1)NCC.I. The fourth-order valence-electron chi connectivity index (χ4n) is 2.37. The van der Waals surface area contributed by atoms with Crippen molar-refractivity contribution < 1.29 is 9.63 Å². The van der Waals surface area contributed by atoms with E-state index in [1.165, 1.54) is 0 Å². The minimum Gasteiger partial charge on any atom is -0.388 e. The number of nitrogens with one attached hydrogen (secondary N) is 2. The van der Waals surface area contributed by atoms with Crippen molar-refractivity contribution in [2.45, 2.75) is 65.5 Å². The molecule has 0 aliphatic carbocycles. The van der Waals surface area contributed by atoms with Crippen molar-refractivity contribution in [3.8, 4) is 0 Å². The molecule has 8 heteroatoms. The third-order valence-electron chi connectivity index (χ3n) is 3.30. The number of aryl methyl sites for hydroxylation is 1. The van der Waals surface area contributed by atoms with Crippen molar-refractivity contribution in [1.29, 1.82) is 0 Å². The lowest BCUT2D eigenvalue weighted by atomic mass is 9.93. The molecule has 1 rings (SSSR count). The Morgan fingerprint density at radius 2 is 1.87 bits per heavy atom. The largest absolute Gasteiger partial charge is 0.388 e. The van der Waals surface area contributed by atoms with Gasteiger partial charge in [0, 0.05) is 13.1 Å². The van der Waals surface area contributed by atoms with Crippen LogP contribution in [0.15, 0.2) is 9.52 Å². The van der Waals surface area contributed by atoms with E-state index in [-0.39, 0.29) is 24.0 Å². The summed E-state index contributed by atoms with van der Waals surface area (Å²) >= 11 is 0. The van der Waals surface area contributed by atoms with Crippen LogP contribution in [0.5, 0.6) is 0 Å². The number of hydrogen-bond donors (Lipinski definition) is 3. The Kier molecular flexibility index (Phi) is 11.2. The van der Waals surface area contributed by atoms with Crippen LogP contribution in [0.2, 0.25) is 0 Å². The van der Waals surface area contributed by atoms with Crippen LogP contribution >= 0.6 is 24.0 Å². The van der Waals surface area contributed by atoms with Gasteiger partial charge in [0.1, 0.15) is 6.54 Å². The molecule has 3 N–H and O–H groups in total. The first-order valence-electron chi connectivity index (χ1n) is 8.06. The monoisotopic (exact) mass is 439 g/mol. The standard InChI is InChI=1S/C15H29N5O2.HI/c1-5-8-15(21,9-6-2)11-18-14(16-7-3)17-10-13-19-12(4)20-22-13;/h21H,5-11H2,1-4H3,(H2,16,17,18);1H. The van der Waals surface area contributed by atoms with Crippen LogP contribution in [0.25, 0.3) is 0 Å². The molecule has 0 saturated heterocycles. The summed E-state index contributed by atoms with van der Waals surface area (Å²) in [5.74, 6) is 1.72. The molecule has 0 fully saturated rings. The fourth-order valence-corrected chi connectivity index (χ4v) is 2.37. The van der Waals surface area contributed by atoms with E-state index in [1.807, 2.05) is 6.92 Å². The van der Waals surface area contributed by atoms with E-state index in [1.54, 1.807) is 6.92 Å². The highest BCUT2D eigenvalue weighted by atomic mass is 127. The highest BCUT2D eigenvalue weighted by molar-refractivity contribution is 14.0. The van der Waals surface area contributed by atoms with E-state index in [0.29, 0.717) is 30.8 Å². The van der Waals surface area contributed by atoms with E-state index in [9.17, 15) is 5.11 Å². The average molecular weight is 439 g/mol. The van der Waals surface area contributed by atoms with Crippen molar-refractivity contribution in [1.82, 2.24) is 20.8 Å². The summed E-state index contributed by atoms with van der Waals surface area (Å²) in [7, 11) is 0. The van der Waals surface area contributed by atoms with Crippen LogP contribution in [-0.4, -0.2) is 39.9 Å². The molecule has 7 nitrogen and oxygen atoms in total. The van der Waals surface area contributed by atoms with Gasteiger partial charge in [-0.3, -0.25) is 0 Å². The summed E-state index contributed by atoms with van der Waals surface area (Å²) in [6.45, 7) is 9.47. The van der Waals surface area contributed by atoms with Gasteiger partial charge in [-0.15, -0.1) is 24.0 Å². The fraction of sp³-hybridized carbons (Fsp3) is 0.800. The van der Waals surface area contributed by atoms with Gasteiger partial charge < -0.3 is 20.3 Å². The Morgan fingerprint density at radius 3 is 2.35 bits per heavy atom. The normalized spacial score (nSPS) is 12.0. The van der Waals surface area contributed by atoms with Crippen molar-refractivity contribution in [2.75, 3.05) is 13.1 Å². The van der Waals surface area contributed by atoms with Crippen LogP contribution < -0.4 is 10.6 Å². The van der Waals surface area contributed by atoms with Crippen molar-refractivity contribution in [2.24, 2.45) is 4.99 Å². The molecule has 0 bridgehead atoms. The molecular formula is C15H30IN5O2. The van der Waals surface area contributed by atoms with Gasteiger partial charge in [-0.05, 0) is 26.7 Å². The van der Waals surface area contributed by atoms with Gasteiger partial charge >= 0.3 is 0 Å². The Hall–Kier alpha value is -0.900. The molecule has 0 amide bonds. The average Bonchev–Trinajstić information content (AvgIpc) is 2.88. The minimum atomic E-state index is -0.694. The smallest absolute Gasteiger partial charge is 0.248 e. The second kappa shape index (κ2) is 11.6. The summed E-state index contributed by atoms with van der Waals surface area (Å²) in [6, 6.07) is 0. The quantitative estimate of drug-likeness (QED) is 0.311. The zero-order valence-electron chi connectivity index (χ0n) is 14.6. The van der Waals surface area contributed by atoms with Crippen molar-refractivity contribution in [3.05, 3.63) is 11.7 Å². The van der Waals surface area contributed by atoms with Gasteiger partial charge in [-0.1, -0.05) is 31.8 Å². The predicted molar refractivity (Wildman–Crippen MR) is 102 cm³/mol. The van der Waals surface area contributed by atoms with Gasteiger partial charge in [0.05, 0.1) is 5.60 Å². The van der Waals surface area contributed by atoms with E-state index in [4.69, 9.17) is 4.52 Å². The molecule has 0 saturated carbocycles. The maximum Gasteiger partial charge on any atom is 0.248 e.